The second-order valence-electron chi connectivity index (χ2n) is 5.97. The van der Waals surface area contributed by atoms with E-state index < -0.39 is 0 Å². The van der Waals surface area contributed by atoms with Gasteiger partial charge in [-0.1, -0.05) is 13.8 Å². The summed E-state index contributed by atoms with van der Waals surface area (Å²) in [5.41, 5.74) is 2.36. The Bertz CT molecular complexity index is 635. The lowest BCUT2D eigenvalue weighted by Gasteiger charge is -2.24. The van der Waals surface area contributed by atoms with E-state index in [2.05, 4.69) is 28.9 Å². The van der Waals surface area contributed by atoms with Crippen molar-refractivity contribution in [3.8, 4) is 0 Å². The molecule has 1 amide bonds. The van der Waals surface area contributed by atoms with Gasteiger partial charge in [-0.15, -0.1) is 0 Å². The number of amides is 1. The van der Waals surface area contributed by atoms with Crippen molar-refractivity contribution in [3.05, 3.63) is 41.7 Å². The van der Waals surface area contributed by atoms with Crippen LogP contribution in [-0.4, -0.2) is 37.6 Å². The molecule has 0 N–H and O–H groups in total. The molecule has 0 unspecified atom stereocenters. The first-order chi connectivity index (χ1) is 10.4. The molecule has 0 bridgehead atoms. The van der Waals surface area contributed by atoms with Crippen LogP contribution in [0.15, 0.2) is 24.7 Å². The Balaban J connectivity index is 2.18. The van der Waals surface area contributed by atoms with Gasteiger partial charge in [-0.05, 0) is 31.4 Å². The predicted octanol–water partition coefficient (Wildman–Crippen LogP) is 2.24. The van der Waals surface area contributed by atoms with E-state index in [0.717, 1.165) is 17.8 Å². The molecule has 0 aromatic carbocycles. The van der Waals surface area contributed by atoms with E-state index in [4.69, 9.17) is 0 Å². The Morgan fingerprint density at radius 3 is 2.68 bits per heavy atom. The van der Waals surface area contributed by atoms with Crippen LogP contribution in [0.1, 0.15) is 48.7 Å². The van der Waals surface area contributed by atoms with Crippen molar-refractivity contribution < 1.29 is 4.79 Å². The third-order valence-electron chi connectivity index (χ3n) is 3.70. The molecule has 0 saturated heterocycles. The van der Waals surface area contributed by atoms with Gasteiger partial charge in [-0.25, -0.2) is 9.97 Å². The lowest BCUT2D eigenvalue weighted by Crippen LogP contribution is -2.31. The van der Waals surface area contributed by atoms with Crippen molar-refractivity contribution in [2.24, 2.45) is 13.0 Å². The van der Waals surface area contributed by atoms with Gasteiger partial charge in [0, 0.05) is 20.3 Å². The molecular weight excluding hydrogens is 278 g/mol. The highest BCUT2D eigenvalue weighted by atomic mass is 16.2. The molecule has 2 aromatic heterocycles. The Morgan fingerprint density at radius 1 is 1.36 bits per heavy atom. The quantitative estimate of drug-likeness (QED) is 0.849. The molecular formula is C16H23N5O. The molecule has 6 heteroatoms. The molecule has 0 aliphatic rings. The fraction of sp³-hybridized carbons (Fsp3) is 0.500. The van der Waals surface area contributed by atoms with Gasteiger partial charge in [0.25, 0.3) is 5.91 Å². The van der Waals surface area contributed by atoms with Gasteiger partial charge in [0.05, 0.1) is 17.4 Å². The number of nitrogens with zero attached hydrogens (tertiary/aromatic N) is 5. The van der Waals surface area contributed by atoms with Crippen molar-refractivity contribution in [1.29, 1.82) is 0 Å². The number of aromatic nitrogens is 4. The number of rotatable bonds is 5. The molecule has 1 atom stereocenters. The van der Waals surface area contributed by atoms with Crippen molar-refractivity contribution in [3.63, 3.8) is 0 Å². The first-order valence-corrected chi connectivity index (χ1v) is 7.46. The second kappa shape index (κ2) is 6.68. The smallest absolute Gasteiger partial charge is 0.272 e. The third kappa shape index (κ3) is 3.50. The zero-order valence-corrected chi connectivity index (χ0v) is 13.8. The number of hydrogen-bond acceptors (Lipinski definition) is 4. The highest BCUT2D eigenvalue weighted by molar-refractivity contribution is 5.92. The molecule has 0 aliphatic carbocycles. The molecule has 0 fully saturated rings. The van der Waals surface area contributed by atoms with Crippen LogP contribution in [0.5, 0.6) is 0 Å². The minimum absolute atomic E-state index is 0.0591. The monoisotopic (exact) mass is 301 g/mol. The van der Waals surface area contributed by atoms with Crippen LogP contribution in [0.4, 0.5) is 0 Å². The summed E-state index contributed by atoms with van der Waals surface area (Å²) in [5, 5.41) is 4.43. The maximum absolute atomic E-state index is 12.7. The topological polar surface area (TPSA) is 63.9 Å². The van der Waals surface area contributed by atoms with Gasteiger partial charge in [0.15, 0.2) is 0 Å². The van der Waals surface area contributed by atoms with Crippen LogP contribution >= 0.6 is 0 Å². The molecule has 2 aromatic rings. The molecule has 0 aliphatic heterocycles. The molecule has 118 valence electrons. The van der Waals surface area contributed by atoms with Crippen molar-refractivity contribution in [2.45, 2.75) is 33.2 Å². The summed E-state index contributed by atoms with van der Waals surface area (Å²) < 4.78 is 1.66. The summed E-state index contributed by atoms with van der Waals surface area (Å²) in [7, 11) is 3.59. The maximum atomic E-state index is 12.7. The van der Waals surface area contributed by atoms with Crippen LogP contribution in [0.2, 0.25) is 0 Å². The fourth-order valence-electron chi connectivity index (χ4n) is 2.35. The standard InChI is InChI=1S/C16H23N5O/c1-11(2)8-13-9-15(21(5)19-13)16(22)20(4)12(3)14-6-7-17-10-18-14/h6-7,9-12H,8H2,1-5H3/t12-/m0/s1. The fourth-order valence-corrected chi connectivity index (χ4v) is 2.35. The number of carbonyl (C=O) groups is 1. The van der Waals surface area contributed by atoms with Gasteiger partial charge >= 0.3 is 0 Å². The molecule has 2 heterocycles. The normalized spacial score (nSPS) is 12.5. The largest absolute Gasteiger partial charge is 0.332 e. The molecule has 0 saturated carbocycles. The predicted molar refractivity (Wildman–Crippen MR) is 84.3 cm³/mol. The van der Waals surface area contributed by atoms with Crippen LogP contribution < -0.4 is 0 Å². The number of carbonyl (C=O) groups excluding carboxylic acids is 1. The van der Waals surface area contributed by atoms with E-state index in [1.165, 1.54) is 6.33 Å². The Morgan fingerprint density at radius 2 is 2.09 bits per heavy atom. The van der Waals surface area contributed by atoms with Gasteiger partial charge < -0.3 is 4.90 Å². The van der Waals surface area contributed by atoms with Crippen LogP contribution in [0.25, 0.3) is 0 Å². The molecule has 0 radical (unpaired) electrons. The zero-order chi connectivity index (χ0) is 16.3. The first kappa shape index (κ1) is 16.1. The summed E-state index contributed by atoms with van der Waals surface area (Å²) in [6.07, 6.45) is 4.04. The minimum atomic E-state index is -0.126. The highest BCUT2D eigenvalue weighted by Crippen LogP contribution is 2.19. The Kier molecular flexibility index (Phi) is 4.90. The summed E-state index contributed by atoms with van der Waals surface area (Å²) >= 11 is 0. The van der Waals surface area contributed by atoms with E-state index in [0.29, 0.717) is 11.6 Å². The lowest BCUT2D eigenvalue weighted by molar-refractivity contribution is 0.0728. The maximum Gasteiger partial charge on any atom is 0.272 e. The summed E-state index contributed by atoms with van der Waals surface area (Å²) in [6.45, 7) is 6.23. The average molecular weight is 301 g/mol. The van der Waals surface area contributed by atoms with Crippen molar-refractivity contribution in [2.75, 3.05) is 7.05 Å². The Hall–Kier alpha value is -2.24. The van der Waals surface area contributed by atoms with Gasteiger partial charge in [-0.2, -0.15) is 5.10 Å². The van der Waals surface area contributed by atoms with E-state index in [1.807, 2.05) is 19.1 Å². The lowest BCUT2D eigenvalue weighted by atomic mass is 10.1. The van der Waals surface area contributed by atoms with Gasteiger partial charge in [0.1, 0.15) is 12.0 Å². The SMILES string of the molecule is CC(C)Cc1cc(C(=O)N(C)[C@@H](C)c2ccncn2)n(C)n1. The minimum Gasteiger partial charge on any atom is -0.332 e. The van der Waals surface area contributed by atoms with Gasteiger partial charge in [-0.3, -0.25) is 9.48 Å². The third-order valence-corrected chi connectivity index (χ3v) is 3.70. The van der Waals surface area contributed by atoms with Crippen LogP contribution in [0.3, 0.4) is 0 Å². The number of aryl methyl sites for hydroxylation is 1. The number of hydrogen-bond donors (Lipinski definition) is 0. The second-order valence-corrected chi connectivity index (χ2v) is 5.97. The van der Waals surface area contributed by atoms with Crippen molar-refractivity contribution in [1.82, 2.24) is 24.6 Å². The summed E-state index contributed by atoms with van der Waals surface area (Å²) in [6, 6.07) is 3.58. The first-order valence-electron chi connectivity index (χ1n) is 7.46. The zero-order valence-electron chi connectivity index (χ0n) is 13.8. The summed E-state index contributed by atoms with van der Waals surface area (Å²) in [4.78, 5) is 22.5. The van der Waals surface area contributed by atoms with Crippen molar-refractivity contribution >= 4 is 5.91 Å². The van der Waals surface area contributed by atoms with E-state index >= 15 is 0 Å². The van der Waals surface area contributed by atoms with E-state index in [9.17, 15) is 4.79 Å². The Labute approximate surface area is 131 Å². The molecule has 6 nitrogen and oxygen atoms in total. The molecule has 0 spiro atoms. The van der Waals surface area contributed by atoms with E-state index in [1.54, 1.807) is 29.9 Å². The average Bonchev–Trinajstić information content (AvgIpc) is 2.85. The van der Waals surface area contributed by atoms with E-state index in [-0.39, 0.29) is 11.9 Å². The van der Waals surface area contributed by atoms with Crippen LogP contribution in [-0.2, 0) is 13.5 Å². The van der Waals surface area contributed by atoms with Crippen LogP contribution in [0, 0.1) is 5.92 Å². The molecule has 2 rings (SSSR count). The summed E-state index contributed by atoms with van der Waals surface area (Å²) in [5.74, 6) is 0.451. The van der Waals surface area contributed by atoms with Gasteiger partial charge in [0.2, 0.25) is 0 Å². The highest BCUT2D eigenvalue weighted by Gasteiger charge is 2.23. The molecule has 22 heavy (non-hydrogen) atoms.